The minimum absolute atomic E-state index is 0.0285. The lowest BCUT2D eigenvalue weighted by molar-refractivity contribution is 0.0299. The molecule has 1 fully saturated rings. The second-order valence-corrected chi connectivity index (χ2v) is 5.51. The van der Waals surface area contributed by atoms with E-state index >= 15 is 0 Å². The van der Waals surface area contributed by atoms with Crippen LogP contribution in [0.5, 0.6) is 0 Å². The molecule has 0 radical (unpaired) electrons. The molecule has 1 N–H and O–H groups in total. The molecule has 9 heteroatoms. The number of benzene rings is 1. The lowest BCUT2D eigenvalue weighted by Crippen LogP contribution is -2.41. The number of halogens is 3. The topological polar surface area (TPSA) is 71.5 Å². The van der Waals surface area contributed by atoms with E-state index in [1.165, 1.54) is 18.3 Å². The molecule has 26 heavy (non-hydrogen) atoms. The molecule has 3 rings (SSSR count). The number of carbonyl (C=O) groups excluding carboxylic acids is 2. The van der Waals surface area contributed by atoms with Gasteiger partial charge in [-0.15, -0.1) is 0 Å². The van der Waals surface area contributed by atoms with Gasteiger partial charge in [-0.3, -0.25) is 14.6 Å². The summed E-state index contributed by atoms with van der Waals surface area (Å²) in [6.45, 7) is 1.66. The average molecular weight is 365 g/mol. The molecule has 2 amide bonds. The zero-order valence-electron chi connectivity index (χ0n) is 13.5. The molecule has 6 nitrogen and oxygen atoms in total. The number of pyridine rings is 1. The Morgan fingerprint density at radius 2 is 1.81 bits per heavy atom. The van der Waals surface area contributed by atoms with Gasteiger partial charge in [0.1, 0.15) is 5.69 Å². The van der Waals surface area contributed by atoms with Crippen molar-refractivity contribution in [2.75, 3.05) is 31.6 Å². The van der Waals surface area contributed by atoms with Crippen molar-refractivity contribution in [2.45, 2.75) is 0 Å². The summed E-state index contributed by atoms with van der Waals surface area (Å²) in [5.74, 6) is -5.68. The van der Waals surface area contributed by atoms with Gasteiger partial charge in [-0.25, -0.2) is 13.2 Å². The first-order chi connectivity index (χ1) is 12.5. The van der Waals surface area contributed by atoms with E-state index in [1.54, 1.807) is 4.90 Å². The van der Waals surface area contributed by atoms with Crippen molar-refractivity contribution in [2.24, 2.45) is 0 Å². The first-order valence-electron chi connectivity index (χ1n) is 7.75. The van der Waals surface area contributed by atoms with Crippen LogP contribution in [0.2, 0.25) is 0 Å². The molecule has 0 spiro atoms. The fraction of sp³-hybridized carbons (Fsp3) is 0.235. The van der Waals surface area contributed by atoms with Crippen LogP contribution in [-0.2, 0) is 4.74 Å². The molecule has 0 bridgehead atoms. The van der Waals surface area contributed by atoms with Crippen molar-refractivity contribution in [1.29, 1.82) is 0 Å². The number of amides is 2. The van der Waals surface area contributed by atoms with E-state index in [2.05, 4.69) is 10.3 Å². The predicted molar refractivity (Wildman–Crippen MR) is 85.2 cm³/mol. The summed E-state index contributed by atoms with van der Waals surface area (Å²) < 4.78 is 45.0. The maximum Gasteiger partial charge on any atom is 0.272 e. The van der Waals surface area contributed by atoms with Crippen LogP contribution in [-0.4, -0.2) is 48.0 Å². The van der Waals surface area contributed by atoms with E-state index < -0.39 is 29.0 Å². The standard InChI is InChI=1S/C17H14F3N3O3/c18-11-1-2-12(15(20)14(11)19)22-16(24)10-3-4-21-13(9-10)17(25)23-5-7-26-8-6-23/h1-4,9H,5-8H2,(H,22,24). The number of anilines is 1. The third kappa shape index (κ3) is 3.67. The Morgan fingerprint density at radius 3 is 2.54 bits per heavy atom. The minimum Gasteiger partial charge on any atom is -0.378 e. The van der Waals surface area contributed by atoms with Crippen LogP contribution >= 0.6 is 0 Å². The van der Waals surface area contributed by atoms with Crippen molar-refractivity contribution in [3.63, 3.8) is 0 Å². The molecule has 0 unspecified atom stereocenters. The van der Waals surface area contributed by atoms with E-state index in [0.717, 1.165) is 6.07 Å². The van der Waals surface area contributed by atoms with E-state index in [1.807, 2.05) is 0 Å². The highest BCUT2D eigenvalue weighted by atomic mass is 19.2. The molecule has 0 atom stereocenters. The summed E-state index contributed by atoms with van der Waals surface area (Å²) in [6, 6.07) is 4.19. The molecular formula is C17H14F3N3O3. The second kappa shape index (κ2) is 7.52. The number of rotatable bonds is 3. The van der Waals surface area contributed by atoms with Gasteiger partial charge in [0.2, 0.25) is 0 Å². The number of hydrogen-bond donors (Lipinski definition) is 1. The Morgan fingerprint density at radius 1 is 1.08 bits per heavy atom. The first kappa shape index (κ1) is 17.9. The summed E-state index contributed by atoms with van der Waals surface area (Å²) in [5.41, 5.74) is -0.433. The Kier molecular flexibility index (Phi) is 5.17. The molecular weight excluding hydrogens is 351 g/mol. The summed E-state index contributed by atoms with van der Waals surface area (Å²) in [4.78, 5) is 30.1. The Bertz CT molecular complexity index is 854. The number of nitrogens with one attached hydrogen (secondary N) is 1. The van der Waals surface area contributed by atoms with E-state index in [9.17, 15) is 22.8 Å². The van der Waals surface area contributed by atoms with Gasteiger partial charge in [0.05, 0.1) is 18.9 Å². The smallest absolute Gasteiger partial charge is 0.272 e. The molecule has 0 aliphatic carbocycles. The van der Waals surface area contributed by atoms with Crippen LogP contribution in [0.1, 0.15) is 20.8 Å². The van der Waals surface area contributed by atoms with Crippen molar-refractivity contribution in [3.8, 4) is 0 Å². The summed E-state index contributed by atoms with van der Waals surface area (Å²) in [7, 11) is 0. The van der Waals surface area contributed by atoms with Gasteiger partial charge in [-0.2, -0.15) is 0 Å². The fourth-order valence-electron chi connectivity index (χ4n) is 2.43. The minimum atomic E-state index is -1.68. The van der Waals surface area contributed by atoms with Gasteiger partial charge >= 0.3 is 0 Å². The Labute approximate surface area is 146 Å². The van der Waals surface area contributed by atoms with Gasteiger partial charge in [-0.05, 0) is 24.3 Å². The van der Waals surface area contributed by atoms with Crippen LogP contribution in [0.3, 0.4) is 0 Å². The van der Waals surface area contributed by atoms with Crippen LogP contribution in [0, 0.1) is 17.5 Å². The normalized spacial score (nSPS) is 14.2. The van der Waals surface area contributed by atoms with Crippen molar-refractivity contribution >= 4 is 17.5 Å². The van der Waals surface area contributed by atoms with Gasteiger partial charge < -0.3 is 15.0 Å². The predicted octanol–water partition coefficient (Wildman–Crippen LogP) is 2.22. The molecule has 1 aliphatic rings. The fourth-order valence-corrected chi connectivity index (χ4v) is 2.43. The van der Waals surface area contributed by atoms with Gasteiger partial charge in [0, 0.05) is 24.8 Å². The molecule has 136 valence electrons. The third-order valence-corrected chi connectivity index (χ3v) is 3.82. The summed E-state index contributed by atoms with van der Waals surface area (Å²) in [6.07, 6.45) is 1.27. The first-order valence-corrected chi connectivity index (χ1v) is 7.75. The Balaban J connectivity index is 1.78. The highest BCUT2D eigenvalue weighted by Gasteiger charge is 2.21. The van der Waals surface area contributed by atoms with Crippen LogP contribution < -0.4 is 5.32 Å². The number of aromatic nitrogens is 1. The summed E-state index contributed by atoms with van der Waals surface area (Å²) in [5, 5.41) is 2.15. The maximum absolute atomic E-state index is 13.7. The number of ether oxygens (including phenoxy) is 1. The number of morpholine rings is 1. The summed E-state index contributed by atoms with van der Waals surface area (Å²) >= 11 is 0. The maximum atomic E-state index is 13.7. The molecule has 1 aromatic carbocycles. The van der Waals surface area contributed by atoms with E-state index in [-0.39, 0.29) is 17.2 Å². The molecule has 2 aromatic rings. The lowest BCUT2D eigenvalue weighted by atomic mass is 10.2. The molecule has 1 aliphatic heterocycles. The van der Waals surface area contributed by atoms with Crippen LogP contribution in [0.4, 0.5) is 18.9 Å². The second-order valence-electron chi connectivity index (χ2n) is 5.51. The van der Waals surface area contributed by atoms with Crippen LogP contribution in [0.15, 0.2) is 30.5 Å². The van der Waals surface area contributed by atoms with Gasteiger partial charge in [0.25, 0.3) is 11.8 Å². The molecule has 1 aromatic heterocycles. The number of hydrogen-bond acceptors (Lipinski definition) is 4. The van der Waals surface area contributed by atoms with Crippen molar-refractivity contribution in [1.82, 2.24) is 9.88 Å². The number of carbonyl (C=O) groups is 2. The highest BCUT2D eigenvalue weighted by Crippen LogP contribution is 2.20. The van der Waals surface area contributed by atoms with Crippen molar-refractivity contribution < 1.29 is 27.5 Å². The molecule has 0 saturated carbocycles. The zero-order chi connectivity index (χ0) is 18.7. The SMILES string of the molecule is O=C(Nc1ccc(F)c(F)c1F)c1ccnc(C(=O)N2CCOCC2)c1. The van der Waals surface area contributed by atoms with E-state index in [0.29, 0.717) is 32.4 Å². The zero-order valence-corrected chi connectivity index (χ0v) is 13.5. The number of nitrogens with zero attached hydrogens (tertiary/aromatic N) is 2. The van der Waals surface area contributed by atoms with Gasteiger partial charge in [-0.1, -0.05) is 0 Å². The highest BCUT2D eigenvalue weighted by molar-refractivity contribution is 6.05. The quantitative estimate of drug-likeness (QED) is 0.847. The Hall–Kier alpha value is -2.94. The van der Waals surface area contributed by atoms with Crippen LogP contribution in [0.25, 0.3) is 0 Å². The average Bonchev–Trinajstić information content (AvgIpc) is 2.68. The molecule has 2 heterocycles. The van der Waals surface area contributed by atoms with E-state index in [4.69, 9.17) is 4.74 Å². The van der Waals surface area contributed by atoms with Crippen molar-refractivity contribution in [3.05, 3.63) is 59.2 Å². The lowest BCUT2D eigenvalue weighted by Gasteiger charge is -2.26. The third-order valence-electron chi connectivity index (χ3n) is 3.82. The molecule has 1 saturated heterocycles. The largest absolute Gasteiger partial charge is 0.378 e. The van der Waals surface area contributed by atoms with Gasteiger partial charge in [0.15, 0.2) is 17.5 Å². The monoisotopic (exact) mass is 365 g/mol.